The molecule has 29 heavy (non-hydrogen) atoms. The van der Waals surface area contributed by atoms with Gasteiger partial charge in [0.1, 0.15) is 11.0 Å². The molecule has 0 unspecified atom stereocenters. The smallest absolute Gasteiger partial charge is 0.179 e. The second-order valence-electron chi connectivity index (χ2n) is 7.35. The third kappa shape index (κ3) is 3.40. The third-order valence-electron chi connectivity index (χ3n) is 5.46. The van der Waals surface area contributed by atoms with E-state index < -0.39 is 0 Å². The van der Waals surface area contributed by atoms with Gasteiger partial charge in [0, 0.05) is 31.9 Å². The number of rotatable bonds is 4. The van der Waals surface area contributed by atoms with Crippen LogP contribution >= 0.6 is 0 Å². The molecular weight excluding hydrogens is 362 g/mol. The van der Waals surface area contributed by atoms with Crippen molar-refractivity contribution in [1.29, 1.82) is 0 Å². The Bertz CT molecular complexity index is 1100. The molecule has 0 bridgehead atoms. The molecule has 1 aliphatic heterocycles. The van der Waals surface area contributed by atoms with E-state index in [-0.39, 0.29) is 0 Å². The van der Waals surface area contributed by atoms with E-state index in [1.54, 1.807) is 0 Å². The molecule has 1 saturated heterocycles. The highest BCUT2D eigenvalue weighted by Gasteiger charge is 2.24. The molecule has 7 heteroatoms. The fraction of sp³-hybridized carbons (Fsp3) is 0.273. The average molecular weight is 385 g/mol. The van der Waals surface area contributed by atoms with Gasteiger partial charge in [0.15, 0.2) is 5.82 Å². The van der Waals surface area contributed by atoms with E-state index in [1.807, 2.05) is 29.8 Å². The van der Waals surface area contributed by atoms with Crippen LogP contribution in [0.5, 0.6) is 0 Å². The van der Waals surface area contributed by atoms with Gasteiger partial charge < -0.3 is 9.80 Å². The predicted molar refractivity (Wildman–Crippen MR) is 114 cm³/mol. The highest BCUT2D eigenvalue weighted by Crippen LogP contribution is 2.26. The molecule has 1 aliphatic rings. The number of aromatic nitrogens is 5. The molecule has 4 aromatic rings. The summed E-state index contributed by atoms with van der Waals surface area (Å²) in [5.74, 6) is 0.874. The Kier molecular flexibility index (Phi) is 4.56. The van der Waals surface area contributed by atoms with E-state index in [2.05, 4.69) is 72.8 Å². The summed E-state index contributed by atoms with van der Waals surface area (Å²) in [4.78, 5) is 4.72. The average Bonchev–Trinajstić information content (AvgIpc) is 3.20. The molecule has 1 fully saturated rings. The van der Waals surface area contributed by atoms with Gasteiger partial charge in [-0.3, -0.25) is 0 Å². The first-order valence-corrected chi connectivity index (χ1v) is 9.95. The van der Waals surface area contributed by atoms with Crippen LogP contribution in [0.4, 0.5) is 11.5 Å². The zero-order chi connectivity index (χ0) is 19.6. The summed E-state index contributed by atoms with van der Waals surface area (Å²) in [6, 6.07) is 20.9. The Balaban J connectivity index is 1.44. The zero-order valence-corrected chi connectivity index (χ0v) is 16.4. The van der Waals surface area contributed by atoms with Crippen LogP contribution in [0.1, 0.15) is 11.3 Å². The molecule has 7 nitrogen and oxygen atoms in total. The molecule has 0 N–H and O–H groups in total. The first-order valence-electron chi connectivity index (χ1n) is 9.95. The number of nitrogens with zero attached hydrogens (tertiary/aromatic N) is 7. The Morgan fingerprint density at radius 2 is 1.41 bits per heavy atom. The summed E-state index contributed by atoms with van der Waals surface area (Å²) in [6.07, 6.45) is 0. The van der Waals surface area contributed by atoms with Crippen molar-refractivity contribution in [3.8, 4) is 0 Å². The van der Waals surface area contributed by atoms with Crippen LogP contribution in [0.2, 0.25) is 0 Å². The summed E-state index contributed by atoms with van der Waals surface area (Å²) in [6.45, 7) is 6.27. The molecule has 0 amide bonds. The Hall–Kier alpha value is -3.48. The number of para-hydroxylation sites is 1. The monoisotopic (exact) mass is 385 g/mol. The van der Waals surface area contributed by atoms with Crippen molar-refractivity contribution in [2.24, 2.45) is 0 Å². The number of benzene rings is 2. The molecular formula is C22H23N7. The van der Waals surface area contributed by atoms with Crippen LogP contribution in [0.3, 0.4) is 0 Å². The molecule has 146 valence electrons. The van der Waals surface area contributed by atoms with Crippen molar-refractivity contribution in [3.63, 3.8) is 0 Å². The molecule has 0 saturated carbocycles. The molecule has 0 radical (unpaired) electrons. The largest absolute Gasteiger partial charge is 0.368 e. The first-order chi connectivity index (χ1) is 14.3. The molecule has 0 spiro atoms. The van der Waals surface area contributed by atoms with Gasteiger partial charge in [-0.15, -0.1) is 10.2 Å². The number of fused-ring (bicyclic) bond motifs is 1. The standard InChI is InChI=1S/C22H23N7/c1-17-20-21(29(26-24-20)16-18-8-4-2-5-9-18)22(25-23-17)28-14-12-27(13-15-28)19-10-6-3-7-11-19/h2-11H,12-16H2,1H3. The Morgan fingerprint density at radius 1 is 0.759 bits per heavy atom. The Morgan fingerprint density at radius 3 is 2.14 bits per heavy atom. The SMILES string of the molecule is Cc1nnc(N2CCN(c3ccccc3)CC2)c2c1nnn2Cc1ccccc1. The second kappa shape index (κ2) is 7.50. The normalized spacial score (nSPS) is 14.5. The predicted octanol–water partition coefficient (Wildman–Crippen LogP) is 2.90. The van der Waals surface area contributed by atoms with Crippen LogP contribution in [0.15, 0.2) is 60.7 Å². The van der Waals surface area contributed by atoms with Crippen LogP contribution < -0.4 is 9.80 Å². The van der Waals surface area contributed by atoms with E-state index >= 15 is 0 Å². The molecule has 2 aromatic carbocycles. The van der Waals surface area contributed by atoms with Crippen molar-refractivity contribution < 1.29 is 0 Å². The molecule has 5 rings (SSSR count). The number of aryl methyl sites for hydroxylation is 1. The lowest BCUT2D eigenvalue weighted by atomic mass is 10.2. The van der Waals surface area contributed by atoms with Crippen molar-refractivity contribution in [2.45, 2.75) is 13.5 Å². The quantitative estimate of drug-likeness (QED) is 0.538. The van der Waals surface area contributed by atoms with Crippen molar-refractivity contribution in [2.75, 3.05) is 36.0 Å². The van der Waals surface area contributed by atoms with Gasteiger partial charge in [-0.05, 0) is 24.6 Å². The highest BCUT2D eigenvalue weighted by molar-refractivity contribution is 5.87. The number of piperazine rings is 1. The van der Waals surface area contributed by atoms with Gasteiger partial charge in [-0.1, -0.05) is 53.7 Å². The summed E-state index contributed by atoms with van der Waals surface area (Å²) in [5, 5.41) is 17.7. The van der Waals surface area contributed by atoms with E-state index in [4.69, 9.17) is 0 Å². The minimum Gasteiger partial charge on any atom is -0.368 e. The summed E-state index contributed by atoms with van der Waals surface area (Å²) >= 11 is 0. The minimum atomic E-state index is 0.666. The van der Waals surface area contributed by atoms with Gasteiger partial charge in [0.2, 0.25) is 0 Å². The van der Waals surface area contributed by atoms with E-state index in [0.29, 0.717) is 6.54 Å². The highest BCUT2D eigenvalue weighted by atomic mass is 15.4. The first kappa shape index (κ1) is 17.6. The lowest BCUT2D eigenvalue weighted by Gasteiger charge is -2.36. The minimum absolute atomic E-state index is 0.666. The lowest BCUT2D eigenvalue weighted by molar-refractivity contribution is 0.637. The number of hydrogen-bond acceptors (Lipinski definition) is 6. The van der Waals surface area contributed by atoms with Gasteiger partial charge in [-0.25, -0.2) is 4.68 Å². The van der Waals surface area contributed by atoms with Crippen molar-refractivity contribution in [3.05, 3.63) is 71.9 Å². The third-order valence-corrected chi connectivity index (χ3v) is 5.46. The lowest BCUT2D eigenvalue weighted by Crippen LogP contribution is -2.47. The topological polar surface area (TPSA) is 63.0 Å². The van der Waals surface area contributed by atoms with E-state index in [0.717, 1.165) is 48.7 Å². The van der Waals surface area contributed by atoms with E-state index in [1.165, 1.54) is 11.3 Å². The maximum atomic E-state index is 4.56. The fourth-order valence-electron chi connectivity index (χ4n) is 3.89. The molecule has 0 atom stereocenters. The fourth-order valence-corrected chi connectivity index (χ4v) is 3.89. The molecule has 0 aliphatic carbocycles. The zero-order valence-electron chi connectivity index (χ0n) is 16.4. The van der Waals surface area contributed by atoms with Crippen LogP contribution in [0, 0.1) is 6.92 Å². The maximum Gasteiger partial charge on any atom is 0.179 e. The Labute approximate surface area is 169 Å². The van der Waals surface area contributed by atoms with Gasteiger partial charge >= 0.3 is 0 Å². The summed E-state index contributed by atoms with van der Waals surface area (Å²) in [5.41, 5.74) is 5.06. The van der Waals surface area contributed by atoms with Gasteiger partial charge in [0.25, 0.3) is 0 Å². The maximum absolute atomic E-state index is 4.56. The van der Waals surface area contributed by atoms with Crippen LogP contribution in [0.25, 0.3) is 11.0 Å². The number of anilines is 2. The molecule has 2 aromatic heterocycles. The summed E-state index contributed by atoms with van der Waals surface area (Å²) in [7, 11) is 0. The molecule has 3 heterocycles. The van der Waals surface area contributed by atoms with Crippen LogP contribution in [-0.2, 0) is 6.54 Å². The van der Waals surface area contributed by atoms with Gasteiger partial charge in [-0.2, -0.15) is 5.10 Å². The van der Waals surface area contributed by atoms with E-state index in [9.17, 15) is 0 Å². The van der Waals surface area contributed by atoms with Gasteiger partial charge in [0.05, 0.1) is 12.2 Å². The second-order valence-corrected chi connectivity index (χ2v) is 7.35. The van der Waals surface area contributed by atoms with Crippen molar-refractivity contribution >= 4 is 22.5 Å². The number of hydrogen-bond donors (Lipinski definition) is 0. The van der Waals surface area contributed by atoms with Crippen LogP contribution in [-0.4, -0.2) is 51.4 Å². The van der Waals surface area contributed by atoms with Crippen molar-refractivity contribution in [1.82, 2.24) is 25.2 Å². The summed E-state index contributed by atoms with van der Waals surface area (Å²) < 4.78 is 1.95.